The second-order valence-corrected chi connectivity index (χ2v) is 5.21. The van der Waals surface area contributed by atoms with Crippen LogP contribution >= 0.6 is 0 Å². The van der Waals surface area contributed by atoms with Gasteiger partial charge >= 0.3 is 0 Å². The molecule has 1 aliphatic heterocycles. The summed E-state index contributed by atoms with van der Waals surface area (Å²) in [6.45, 7) is 2.31. The van der Waals surface area contributed by atoms with Gasteiger partial charge in [-0.2, -0.15) is 0 Å². The first-order valence-electron chi connectivity index (χ1n) is 6.62. The van der Waals surface area contributed by atoms with Gasteiger partial charge in [0.15, 0.2) is 0 Å². The number of rotatable bonds is 1. The molecular formula is C15H20N2. The summed E-state index contributed by atoms with van der Waals surface area (Å²) in [6, 6.07) is 8.27. The number of nitrogen functional groups attached to an aromatic ring is 1. The molecule has 1 aromatic carbocycles. The molecule has 0 radical (unpaired) electrons. The Morgan fingerprint density at radius 2 is 1.94 bits per heavy atom. The Balaban J connectivity index is 1.77. The Kier molecular flexibility index (Phi) is 2.79. The minimum Gasteiger partial charge on any atom is -0.399 e. The van der Waals surface area contributed by atoms with Crippen LogP contribution in [0.4, 0.5) is 11.4 Å². The maximum atomic E-state index is 5.73. The first-order valence-corrected chi connectivity index (χ1v) is 6.62. The quantitative estimate of drug-likeness (QED) is 0.591. The van der Waals surface area contributed by atoms with Crippen molar-refractivity contribution >= 4 is 11.4 Å². The number of nitrogens with zero attached hydrogens (tertiary/aromatic N) is 1. The van der Waals surface area contributed by atoms with Crippen molar-refractivity contribution in [3.05, 3.63) is 35.9 Å². The summed E-state index contributed by atoms with van der Waals surface area (Å²) in [7, 11) is 0. The molecule has 3 rings (SSSR count). The van der Waals surface area contributed by atoms with Gasteiger partial charge in [-0.3, -0.25) is 0 Å². The van der Waals surface area contributed by atoms with E-state index in [9.17, 15) is 0 Å². The van der Waals surface area contributed by atoms with E-state index in [2.05, 4.69) is 23.1 Å². The number of benzene rings is 1. The fourth-order valence-electron chi connectivity index (χ4n) is 3.04. The molecule has 0 saturated carbocycles. The molecule has 2 N–H and O–H groups in total. The van der Waals surface area contributed by atoms with Crippen LogP contribution in [0.15, 0.2) is 35.9 Å². The maximum absolute atomic E-state index is 5.73. The predicted molar refractivity (Wildman–Crippen MR) is 73.1 cm³/mol. The standard InChI is InChI=1S/C15H20N2/c16-14-5-7-15(8-6-14)17-10-9-12-3-1-2-4-13(12)11-17/h4-8,12H,1-3,9-11,16H2. The van der Waals surface area contributed by atoms with Gasteiger partial charge in [-0.15, -0.1) is 0 Å². The molecular weight excluding hydrogens is 208 g/mol. The van der Waals surface area contributed by atoms with Crippen LogP contribution < -0.4 is 10.6 Å². The van der Waals surface area contributed by atoms with E-state index in [0.717, 1.165) is 18.2 Å². The lowest BCUT2D eigenvalue weighted by molar-refractivity contribution is 0.438. The summed E-state index contributed by atoms with van der Waals surface area (Å²) in [4.78, 5) is 2.48. The lowest BCUT2D eigenvalue weighted by Crippen LogP contribution is -2.36. The van der Waals surface area contributed by atoms with E-state index < -0.39 is 0 Å². The third-order valence-electron chi connectivity index (χ3n) is 4.07. The summed E-state index contributed by atoms with van der Waals surface area (Å²) in [5.74, 6) is 0.869. The van der Waals surface area contributed by atoms with Crippen molar-refractivity contribution in [1.82, 2.24) is 0 Å². The molecule has 1 saturated heterocycles. The number of allylic oxidation sites excluding steroid dienone is 1. The van der Waals surface area contributed by atoms with Crippen LogP contribution in [0, 0.1) is 5.92 Å². The molecule has 0 aromatic heterocycles. The smallest absolute Gasteiger partial charge is 0.0391 e. The van der Waals surface area contributed by atoms with Crippen LogP contribution in [0.3, 0.4) is 0 Å². The Morgan fingerprint density at radius 3 is 2.76 bits per heavy atom. The van der Waals surface area contributed by atoms with E-state index >= 15 is 0 Å². The van der Waals surface area contributed by atoms with Crippen LogP contribution in [0.1, 0.15) is 25.7 Å². The van der Waals surface area contributed by atoms with Crippen molar-refractivity contribution in [3.8, 4) is 0 Å². The minimum atomic E-state index is 0.848. The summed E-state index contributed by atoms with van der Waals surface area (Å²) >= 11 is 0. The Labute approximate surface area is 103 Å². The molecule has 2 aliphatic rings. The van der Waals surface area contributed by atoms with E-state index in [1.54, 1.807) is 5.57 Å². The topological polar surface area (TPSA) is 29.3 Å². The van der Waals surface area contributed by atoms with Gasteiger partial charge in [0.2, 0.25) is 0 Å². The zero-order valence-corrected chi connectivity index (χ0v) is 10.2. The van der Waals surface area contributed by atoms with Crippen molar-refractivity contribution in [2.75, 3.05) is 23.7 Å². The molecule has 90 valence electrons. The van der Waals surface area contributed by atoms with E-state index in [-0.39, 0.29) is 0 Å². The van der Waals surface area contributed by atoms with E-state index in [1.165, 1.54) is 37.9 Å². The average molecular weight is 228 g/mol. The SMILES string of the molecule is Nc1ccc(N2CCC3CCCC=C3C2)cc1. The first-order chi connectivity index (χ1) is 8.33. The maximum Gasteiger partial charge on any atom is 0.0391 e. The molecule has 1 unspecified atom stereocenters. The highest BCUT2D eigenvalue weighted by molar-refractivity contribution is 5.54. The van der Waals surface area contributed by atoms with Crippen LogP contribution in [-0.4, -0.2) is 13.1 Å². The lowest BCUT2D eigenvalue weighted by atomic mass is 9.82. The van der Waals surface area contributed by atoms with E-state index in [1.807, 2.05) is 12.1 Å². The number of nitrogens with two attached hydrogens (primary N) is 1. The van der Waals surface area contributed by atoms with Crippen LogP contribution in [-0.2, 0) is 0 Å². The third-order valence-corrected chi connectivity index (χ3v) is 4.07. The molecule has 2 heteroatoms. The highest BCUT2D eigenvalue weighted by atomic mass is 15.1. The first kappa shape index (κ1) is 10.7. The second-order valence-electron chi connectivity index (χ2n) is 5.21. The van der Waals surface area contributed by atoms with Gasteiger partial charge in [-0.05, 0) is 55.9 Å². The number of piperidine rings is 1. The van der Waals surface area contributed by atoms with E-state index in [0.29, 0.717) is 0 Å². The van der Waals surface area contributed by atoms with Gasteiger partial charge in [0.1, 0.15) is 0 Å². The van der Waals surface area contributed by atoms with Gasteiger partial charge in [-0.25, -0.2) is 0 Å². The zero-order chi connectivity index (χ0) is 11.7. The fourth-order valence-corrected chi connectivity index (χ4v) is 3.04. The number of hydrogen-bond acceptors (Lipinski definition) is 2. The van der Waals surface area contributed by atoms with Crippen molar-refractivity contribution in [3.63, 3.8) is 0 Å². The molecule has 1 atom stereocenters. The van der Waals surface area contributed by atoms with Gasteiger partial charge < -0.3 is 10.6 Å². The predicted octanol–water partition coefficient (Wildman–Crippen LogP) is 3.21. The van der Waals surface area contributed by atoms with Crippen LogP contribution in [0.25, 0.3) is 0 Å². The molecule has 1 heterocycles. The Hall–Kier alpha value is -1.44. The lowest BCUT2D eigenvalue weighted by Gasteiger charge is -2.37. The molecule has 1 aromatic rings. The molecule has 2 nitrogen and oxygen atoms in total. The summed E-state index contributed by atoms with van der Waals surface area (Å²) in [5, 5.41) is 0. The van der Waals surface area contributed by atoms with Gasteiger partial charge in [0, 0.05) is 24.5 Å². The van der Waals surface area contributed by atoms with Gasteiger partial charge in [0.05, 0.1) is 0 Å². The van der Waals surface area contributed by atoms with Crippen molar-refractivity contribution in [2.24, 2.45) is 5.92 Å². The summed E-state index contributed by atoms with van der Waals surface area (Å²) in [6.07, 6.45) is 7.85. The molecule has 0 spiro atoms. The molecule has 1 aliphatic carbocycles. The van der Waals surface area contributed by atoms with Gasteiger partial charge in [0.25, 0.3) is 0 Å². The molecule has 17 heavy (non-hydrogen) atoms. The van der Waals surface area contributed by atoms with Crippen LogP contribution in [0.2, 0.25) is 0 Å². The van der Waals surface area contributed by atoms with Gasteiger partial charge in [-0.1, -0.05) is 11.6 Å². The fraction of sp³-hybridized carbons (Fsp3) is 0.467. The minimum absolute atomic E-state index is 0.848. The Bertz CT molecular complexity index is 419. The number of anilines is 2. The average Bonchev–Trinajstić information content (AvgIpc) is 2.39. The summed E-state index contributed by atoms with van der Waals surface area (Å²) < 4.78 is 0. The Morgan fingerprint density at radius 1 is 1.12 bits per heavy atom. The number of fused-ring (bicyclic) bond motifs is 1. The molecule has 1 fully saturated rings. The highest BCUT2D eigenvalue weighted by Crippen LogP contribution is 2.33. The van der Waals surface area contributed by atoms with E-state index in [4.69, 9.17) is 5.73 Å². The van der Waals surface area contributed by atoms with Crippen molar-refractivity contribution in [2.45, 2.75) is 25.7 Å². The highest BCUT2D eigenvalue weighted by Gasteiger charge is 2.25. The number of hydrogen-bond donors (Lipinski definition) is 1. The van der Waals surface area contributed by atoms with Crippen LogP contribution in [0.5, 0.6) is 0 Å². The monoisotopic (exact) mass is 228 g/mol. The normalized spacial score (nSPS) is 24.1. The third kappa shape index (κ3) is 2.17. The van der Waals surface area contributed by atoms with Crippen molar-refractivity contribution in [1.29, 1.82) is 0 Å². The molecule has 0 amide bonds. The largest absolute Gasteiger partial charge is 0.399 e. The zero-order valence-electron chi connectivity index (χ0n) is 10.2. The molecule has 0 bridgehead atoms. The summed E-state index contributed by atoms with van der Waals surface area (Å²) in [5.41, 5.74) is 9.56. The van der Waals surface area contributed by atoms with Crippen molar-refractivity contribution < 1.29 is 0 Å². The second kappa shape index (κ2) is 4.44.